The second-order valence-electron chi connectivity index (χ2n) is 8.23. The van der Waals surface area contributed by atoms with E-state index in [-0.39, 0.29) is 11.9 Å². The number of aryl methyl sites for hydroxylation is 2. The zero-order valence-electron chi connectivity index (χ0n) is 18.1. The number of furan rings is 1. The molecule has 31 heavy (non-hydrogen) atoms. The average molecular weight is 441 g/mol. The highest BCUT2D eigenvalue weighted by Crippen LogP contribution is 2.26. The summed E-state index contributed by atoms with van der Waals surface area (Å²) in [6.07, 6.45) is 5.27. The molecule has 0 bridgehead atoms. The first-order valence-corrected chi connectivity index (χ1v) is 11.2. The third kappa shape index (κ3) is 5.02. The zero-order valence-corrected chi connectivity index (χ0v) is 18.9. The minimum atomic E-state index is -0.203. The third-order valence-corrected chi connectivity index (χ3v) is 6.29. The summed E-state index contributed by atoms with van der Waals surface area (Å²) in [4.78, 5) is 15.4. The van der Waals surface area contributed by atoms with E-state index in [0.29, 0.717) is 29.5 Å². The molecule has 1 fully saturated rings. The highest BCUT2D eigenvalue weighted by atomic mass is 35.5. The molecule has 1 N–H and O–H groups in total. The lowest BCUT2D eigenvalue weighted by molar-refractivity contribution is 0.0913. The SMILES string of the molecule is Cc1ccc(Cn2nc(C)c(C(=O)NCC(c3ccco3)N3CCCCC3)c2Cl)cc1. The Hall–Kier alpha value is -2.57. The highest BCUT2D eigenvalue weighted by Gasteiger charge is 2.27. The maximum absolute atomic E-state index is 13.1. The van der Waals surface area contributed by atoms with Crippen molar-refractivity contribution in [2.75, 3.05) is 19.6 Å². The Morgan fingerprint density at radius 3 is 2.58 bits per heavy atom. The Bertz CT molecular complexity index is 1010. The maximum Gasteiger partial charge on any atom is 0.256 e. The number of hydrogen-bond acceptors (Lipinski definition) is 4. The van der Waals surface area contributed by atoms with E-state index in [9.17, 15) is 4.79 Å². The summed E-state index contributed by atoms with van der Waals surface area (Å²) in [5.41, 5.74) is 3.35. The molecule has 1 unspecified atom stereocenters. The maximum atomic E-state index is 13.1. The van der Waals surface area contributed by atoms with Crippen LogP contribution in [0.4, 0.5) is 0 Å². The van der Waals surface area contributed by atoms with Crippen molar-refractivity contribution in [1.82, 2.24) is 20.0 Å². The molecule has 1 saturated heterocycles. The number of nitrogens with zero attached hydrogens (tertiary/aromatic N) is 3. The fraction of sp³-hybridized carbons (Fsp3) is 0.417. The third-order valence-electron chi connectivity index (χ3n) is 5.90. The van der Waals surface area contributed by atoms with Crippen molar-refractivity contribution in [3.63, 3.8) is 0 Å². The molecule has 1 amide bonds. The Balaban J connectivity index is 1.47. The number of likely N-dealkylation sites (tertiary alicyclic amines) is 1. The Kier molecular flexibility index (Phi) is 6.78. The first-order valence-electron chi connectivity index (χ1n) is 10.9. The van der Waals surface area contributed by atoms with Crippen LogP contribution in [0.2, 0.25) is 5.15 Å². The summed E-state index contributed by atoms with van der Waals surface area (Å²) in [6, 6.07) is 12.1. The lowest BCUT2D eigenvalue weighted by atomic mass is 10.1. The van der Waals surface area contributed by atoms with Crippen molar-refractivity contribution in [2.24, 2.45) is 0 Å². The van der Waals surface area contributed by atoms with Gasteiger partial charge in [-0.25, -0.2) is 4.68 Å². The van der Waals surface area contributed by atoms with Gasteiger partial charge in [-0.3, -0.25) is 9.69 Å². The van der Waals surface area contributed by atoms with Gasteiger partial charge in [-0.05, 0) is 57.5 Å². The molecule has 0 aliphatic carbocycles. The predicted molar refractivity (Wildman–Crippen MR) is 121 cm³/mol. The van der Waals surface area contributed by atoms with Gasteiger partial charge in [-0.15, -0.1) is 0 Å². The number of hydrogen-bond donors (Lipinski definition) is 1. The van der Waals surface area contributed by atoms with Gasteiger partial charge in [0.15, 0.2) is 0 Å². The molecule has 0 saturated carbocycles. The van der Waals surface area contributed by atoms with Crippen LogP contribution in [0.5, 0.6) is 0 Å². The molecule has 3 heterocycles. The van der Waals surface area contributed by atoms with E-state index in [0.717, 1.165) is 24.4 Å². The lowest BCUT2D eigenvalue weighted by Gasteiger charge is -2.33. The minimum Gasteiger partial charge on any atom is -0.468 e. The van der Waals surface area contributed by atoms with Crippen LogP contribution in [0.3, 0.4) is 0 Å². The second-order valence-corrected chi connectivity index (χ2v) is 8.59. The standard InChI is InChI=1S/C24H29ClN4O2/c1-17-8-10-19(11-9-17)16-29-23(25)22(18(2)27-29)24(30)26-15-20(21-7-6-14-31-21)28-12-4-3-5-13-28/h6-11,14,20H,3-5,12-13,15-16H2,1-2H3,(H,26,30). The Morgan fingerprint density at radius 1 is 1.16 bits per heavy atom. The monoisotopic (exact) mass is 440 g/mol. The van der Waals surface area contributed by atoms with Gasteiger partial charge >= 0.3 is 0 Å². The average Bonchev–Trinajstić information content (AvgIpc) is 3.39. The smallest absolute Gasteiger partial charge is 0.256 e. The molecular formula is C24H29ClN4O2. The first-order chi connectivity index (χ1) is 15.0. The lowest BCUT2D eigenvalue weighted by Crippen LogP contribution is -2.40. The number of rotatable bonds is 7. The van der Waals surface area contributed by atoms with Crippen LogP contribution in [0.1, 0.15) is 58.2 Å². The molecule has 3 aromatic rings. The molecule has 1 aliphatic heterocycles. The van der Waals surface area contributed by atoms with Crippen molar-refractivity contribution in [3.05, 3.63) is 76.0 Å². The van der Waals surface area contributed by atoms with Crippen molar-refractivity contribution >= 4 is 17.5 Å². The number of carbonyl (C=O) groups excluding carboxylic acids is 1. The molecule has 4 rings (SSSR count). The fourth-order valence-corrected chi connectivity index (χ4v) is 4.50. The van der Waals surface area contributed by atoms with E-state index in [1.807, 2.05) is 19.1 Å². The van der Waals surface area contributed by atoms with Crippen molar-refractivity contribution < 1.29 is 9.21 Å². The number of benzene rings is 1. The number of amides is 1. The number of carbonyl (C=O) groups is 1. The topological polar surface area (TPSA) is 63.3 Å². The molecule has 6 nitrogen and oxygen atoms in total. The summed E-state index contributed by atoms with van der Waals surface area (Å²) in [5.74, 6) is 0.673. The molecule has 0 radical (unpaired) electrons. The normalized spacial score (nSPS) is 15.7. The molecule has 1 atom stereocenters. The van der Waals surface area contributed by atoms with Gasteiger partial charge in [0.05, 0.1) is 30.1 Å². The summed E-state index contributed by atoms with van der Waals surface area (Å²) < 4.78 is 7.36. The van der Waals surface area contributed by atoms with Gasteiger partial charge < -0.3 is 9.73 Å². The highest BCUT2D eigenvalue weighted by molar-refractivity contribution is 6.33. The molecule has 2 aromatic heterocycles. The van der Waals surface area contributed by atoms with E-state index in [1.165, 1.54) is 24.8 Å². The molecule has 1 aromatic carbocycles. The van der Waals surface area contributed by atoms with E-state index < -0.39 is 0 Å². The minimum absolute atomic E-state index is 0.0148. The van der Waals surface area contributed by atoms with Crippen LogP contribution >= 0.6 is 11.6 Å². The molecule has 0 spiro atoms. The predicted octanol–water partition coefficient (Wildman–Crippen LogP) is 4.75. The van der Waals surface area contributed by atoms with E-state index in [4.69, 9.17) is 16.0 Å². The Morgan fingerprint density at radius 2 is 1.90 bits per heavy atom. The van der Waals surface area contributed by atoms with Crippen LogP contribution in [0.15, 0.2) is 47.1 Å². The fourth-order valence-electron chi connectivity index (χ4n) is 4.18. The van der Waals surface area contributed by atoms with Gasteiger partial charge in [0, 0.05) is 6.54 Å². The van der Waals surface area contributed by atoms with Crippen LogP contribution in [0, 0.1) is 13.8 Å². The number of nitrogens with one attached hydrogen (secondary N) is 1. The summed E-state index contributed by atoms with van der Waals surface area (Å²) in [6.45, 7) is 6.88. The summed E-state index contributed by atoms with van der Waals surface area (Å²) in [5, 5.41) is 7.95. The van der Waals surface area contributed by atoms with Gasteiger partial charge in [0.1, 0.15) is 10.9 Å². The zero-order chi connectivity index (χ0) is 21.8. The van der Waals surface area contributed by atoms with Crippen molar-refractivity contribution in [2.45, 2.75) is 45.7 Å². The van der Waals surface area contributed by atoms with Gasteiger partial charge in [-0.2, -0.15) is 5.10 Å². The van der Waals surface area contributed by atoms with Crippen LogP contribution in [-0.2, 0) is 6.54 Å². The first kappa shape index (κ1) is 21.7. The van der Waals surface area contributed by atoms with Gasteiger partial charge in [0.25, 0.3) is 5.91 Å². The summed E-state index contributed by atoms with van der Waals surface area (Å²) >= 11 is 6.58. The molecular weight excluding hydrogens is 412 g/mol. The quantitative estimate of drug-likeness (QED) is 0.575. The second kappa shape index (κ2) is 9.71. The van der Waals surface area contributed by atoms with Crippen LogP contribution < -0.4 is 5.32 Å². The number of halogens is 1. The van der Waals surface area contributed by atoms with E-state index in [2.05, 4.69) is 46.5 Å². The van der Waals surface area contributed by atoms with Crippen molar-refractivity contribution in [3.8, 4) is 0 Å². The van der Waals surface area contributed by atoms with Gasteiger partial charge in [0.2, 0.25) is 0 Å². The molecule has 164 valence electrons. The van der Waals surface area contributed by atoms with E-state index in [1.54, 1.807) is 10.9 Å². The Labute approximate surface area is 188 Å². The van der Waals surface area contributed by atoms with Crippen LogP contribution in [-0.4, -0.2) is 40.2 Å². The van der Waals surface area contributed by atoms with Crippen LogP contribution in [0.25, 0.3) is 0 Å². The van der Waals surface area contributed by atoms with E-state index >= 15 is 0 Å². The number of piperidine rings is 1. The van der Waals surface area contributed by atoms with Crippen molar-refractivity contribution in [1.29, 1.82) is 0 Å². The number of aromatic nitrogens is 2. The molecule has 7 heteroatoms. The van der Waals surface area contributed by atoms with Gasteiger partial charge in [-0.1, -0.05) is 47.9 Å². The summed E-state index contributed by atoms with van der Waals surface area (Å²) in [7, 11) is 0. The molecule has 1 aliphatic rings. The largest absolute Gasteiger partial charge is 0.468 e.